The highest BCUT2D eigenvalue weighted by Gasteiger charge is 2.14. The zero-order valence-corrected chi connectivity index (χ0v) is 11.7. The first kappa shape index (κ1) is 13.4. The van der Waals surface area contributed by atoms with Crippen molar-refractivity contribution in [3.8, 4) is 0 Å². The largest absolute Gasteiger partial charge is 0.347 e. The number of rotatable bonds is 2. The van der Waals surface area contributed by atoms with Crippen molar-refractivity contribution >= 4 is 12.2 Å². The molecule has 0 aliphatic heterocycles. The summed E-state index contributed by atoms with van der Waals surface area (Å²) in [7, 11) is 0. The molecule has 0 spiro atoms. The van der Waals surface area contributed by atoms with E-state index in [2.05, 4.69) is 9.97 Å². The number of aromatic amines is 1. The van der Waals surface area contributed by atoms with Gasteiger partial charge in [0.1, 0.15) is 22.1 Å². The van der Waals surface area contributed by atoms with Crippen molar-refractivity contribution in [3.05, 3.63) is 57.1 Å². The third-order valence-corrected chi connectivity index (χ3v) is 3.97. The number of benzene rings is 1. The summed E-state index contributed by atoms with van der Waals surface area (Å²) in [6.07, 6.45) is 4.48. The molecule has 0 saturated carbocycles. The van der Waals surface area contributed by atoms with Gasteiger partial charge in [-0.05, 0) is 37.3 Å². The Labute approximate surface area is 120 Å². The third-order valence-electron chi connectivity index (χ3n) is 3.63. The summed E-state index contributed by atoms with van der Waals surface area (Å²) in [4.78, 5) is 7.60. The second kappa shape index (κ2) is 5.40. The zero-order chi connectivity index (χ0) is 14.1. The lowest BCUT2D eigenvalue weighted by atomic mass is 9.97. The number of H-pyrrole nitrogens is 1. The van der Waals surface area contributed by atoms with Crippen LogP contribution in [0.2, 0.25) is 0 Å². The average molecular weight is 292 g/mol. The topological polar surface area (TPSA) is 28.7 Å². The lowest BCUT2D eigenvalue weighted by molar-refractivity contribution is 0.573. The molecule has 104 valence electrons. The van der Waals surface area contributed by atoms with Gasteiger partial charge < -0.3 is 4.98 Å². The first-order valence-electron chi connectivity index (χ1n) is 6.68. The van der Waals surface area contributed by atoms with Gasteiger partial charge in [-0.3, -0.25) is 0 Å². The van der Waals surface area contributed by atoms with Crippen molar-refractivity contribution in [2.45, 2.75) is 32.1 Å². The average Bonchev–Trinajstić information content (AvgIpc) is 2.42. The van der Waals surface area contributed by atoms with Crippen LogP contribution in [0.3, 0.4) is 0 Å². The summed E-state index contributed by atoms with van der Waals surface area (Å²) < 4.78 is 27.2. The van der Waals surface area contributed by atoms with E-state index in [0.29, 0.717) is 22.4 Å². The van der Waals surface area contributed by atoms with Crippen LogP contribution in [0.1, 0.15) is 35.5 Å². The molecule has 0 radical (unpaired) electrons. The predicted octanol–water partition coefficient (Wildman–Crippen LogP) is 3.89. The Morgan fingerprint density at radius 1 is 1.20 bits per heavy atom. The van der Waals surface area contributed by atoms with Gasteiger partial charge in [0.15, 0.2) is 0 Å². The molecule has 1 aromatic heterocycles. The molecule has 1 aliphatic rings. The summed E-state index contributed by atoms with van der Waals surface area (Å²) in [5.74, 6) is -0.484. The molecule has 1 N–H and O–H groups in total. The van der Waals surface area contributed by atoms with Crippen LogP contribution in [0.5, 0.6) is 0 Å². The van der Waals surface area contributed by atoms with E-state index >= 15 is 0 Å². The van der Waals surface area contributed by atoms with Gasteiger partial charge in [-0.25, -0.2) is 13.8 Å². The van der Waals surface area contributed by atoms with E-state index < -0.39 is 11.6 Å². The monoisotopic (exact) mass is 292 g/mol. The molecular formula is C15H14F2N2S. The smallest absolute Gasteiger partial charge is 0.133 e. The summed E-state index contributed by atoms with van der Waals surface area (Å²) in [6, 6.07) is 3.59. The zero-order valence-electron chi connectivity index (χ0n) is 10.9. The van der Waals surface area contributed by atoms with Crippen LogP contribution in [-0.2, 0) is 19.3 Å². The van der Waals surface area contributed by atoms with Crippen molar-refractivity contribution in [1.82, 2.24) is 9.97 Å². The lowest BCUT2D eigenvalue weighted by Crippen LogP contribution is -2.11. The minimum Gasteiger partial charge on any atom is -0.347 e. The van der Waals surface area contributed by atoms with Gasteiger partial charge in [0, 0.05) is 23.7 Å². The molecule has 1 heterocycles. The summed E-state index contributed by atoms with van der Waals surface area (Å²) in [5.41, 5.74) is 2.66. The van der Waals surface area contributed by atoms with E-state index in [1.807, 2.05) is 0 Å². The molecule has 0 bridgehead atoms. The second-order valence-electron chi connectivity index (χ2n) is 5.07. The predicted molar refractivity (Wildman–Crippen MR) is 75.2 cm³/mol. The summed E-state index contributed by atoms with van der Waals surface area (Å²) in [5, 5.41) is 0. The van der Waals surface area contributed by atoms with Crippen LogP contribution in [0.4, 0.5) is 8.78 Å². The maximum Gasteiger partial charge on any atom is 0.133 e. The molecule has 1 aromatic carbocycles. The van der Waals surface area contributed by atoms with Crippen molar-refractivity contribution in [2.24, 2.45) is 0 Å². The fourth-order valence-corrected chi connectivity index (χ4v) is 2.94. The van der Waals surface area contributed by atoms with Gasteiger partial charge >= 0.3 is 0 Å². The molecule has 5 heteroatoms. The van der Waals surface area contributed by atoms with Crippen molar-refractivity contribution < 1.29 is 8.78 Å². The van der Waals surface area contributed by atoms with Gasteiger partial charge in [0.25, 0.3) is 0 Å². The van der Waals surface area contributed by atoms with E-state index in [-0.39, 0.29) is 0 Å². The van der Waals surface area contributed by atoms with Crippen LogP contribution < -0.4 is 0 Å². The van der Waals surface area contributed by atoms with E-state index in [1.54, 1.807) is 0 Å². The summed E-state index contributed by atoms with van der Waals surface area (Å²) >= 11 is 5.31. The number of hydrogen-bond acceptors (Lipinski definition) is 2. The lowest BCUT2D eigenvalue weighted by Gasteiger charge is -2.16. The number of aryl methyl sites for hydroxylation is 1. The Morgan fingerprint density at radius 3 is 2.80 bits per heavy atom. The van der Waals surface area contributed by atoms with Crippen molar-refractivity contribution in [2.75, 3.05) is 0 Å². The van der Waals surface area contributed by atoms with Gasteiger partial charge in [0.05, 0.1) is 0 Å². The van der Waals surface area contributed by atoms with Crippen molar-refractivity contribution in [3.63, 3.8) is 0 Å². The quantitative estimate of drug-likeness (QED) is 0.851. The molecular weight excluding hydrogens is 278 g/mol. The normalized spacial score (nSPS) is 14.1. The Bertz CT molecular complexity index is 710. The number of halogens is 2. The summed E-state index contributed by atoms with van der Waals surface area (Å²) in [6.45, 7) is 0. The molecule has 0 fully saturated rings. The fourth-order valence-electron chi connectivity index (χ4n) is 2.60. The van der Waals surface area contributed by atoms with Crippen LogP contribution >= 0.6 is 12.2 Å². The fraction of sp³-hybridized carbons (Fsp3) is 0.333. The highest BCUT2D eigenvalue weighted by molar-refractivity contribution is 7.71. The molecule has 2 nitrogen and oxygen atoms in total. The highest BCUT2D eigenvalue weighted by atomic mass is 32.1. The number of fused-ring (bicyclic) bond motifs is 1. The molecule has 0 saturated heterocycles. The number of hydrogen-bond donors (Lipinski definition) is 1. The third kappa shape index (κ3) is 2.63. The first-order valence-corrected chi connectivity index (χ1v) is 7.09. The van der Waals surface area contributed by atoms with Gasteiger partial charge in [-0.15, -0.1) is 0 Å². The van der Waals surface area contributed by atoms with Crippen LogP contribution in [-0.4, -0.2) is 9.97 Å². The Morgan fingerprint density at radius 2 is 2.00 bits per heavy atom. The SMILES string of the molecule is Fc1ccc(Cc2nc(=S)c3c([nH]2)CCCC3)c(F)c1. The minimum absolute atomic E-state index is 0.295. The van der Waals surface area contributed by atoms with Crippen LogP contribution in [0.25, 0.3) is 0 Å². The van der Waals surface area contributed by atoms with E-state index in [9.17, 15) is 8.78 Å². The number of nitrogens with one attached hydrogen (secondary N) is 1. The van der Waals surface area contributed by atoms with Gasteiger partial charge in [0.2, 0.25) is 0 Å². The molecule has 0 amide bonds. The van der Waals surface area contributed by atoms with Crippen molar-refractivity contribution in [1.29, 1.82) is 0 Å². The second-order valence-corrected chi connectivity index (χ2v) is 5.45. The molecule has 0 atom stereocenters. The molecule has 0 unspecified atom stereocenters. The maximum atomic E-state index is 13.7. The van der Waals surface area contributed by atoms with Crippen LogP contribution in [0, 0.1) is 16.3 Å². The number of nitrogens with zero attached hydrogens (tertiary/aromatic N) is 1. The van der Waals surface area contributed by atoms with E-state index in [1.165, 1.54) is 12.1 Å². The number of aromatic nitrogens is 2. The molecule has 2 aromatic rings. The molecule has 1 aliphatic carbocycles. The highest BCUT2D eigenvalue weighted by Crippen LogP contribution is 2.21. The standard InChI is InChI=1S/C15H14F2N2S/c16-10-6-5-9(12(17)8-10)7-14-18-13-4-2-1-3-11(13)15(20)19-14/h5-6,8H,1-4,7H2,(H,18,19,20). The molecule has 3 rings (SSSR count). The van der Waals surface area contributed by atoms with E-state index in [0.717, 1.165) is 43.0 Å². The van der Waals surface area contributed by atoms with Gasteiger partial charge in [-0.2, -0.15) is 0 Å². The van der Waals surface area contributed by atoms with Gasteiger partial charge in [-0.1, -0.05) is 18.3 Å². The van der Waals surface area contributed by atoms with E-state index in [4.69, 9.17) is 12.2 Å². The Hall–Kier alpha value is -1.62. The molecule has 20 heavy (non-hydrogen) atoms. The Balaban J connectivity index is 1.95. The first-order chi connectivity index (χ1) is 9.63. The van der Waals surface area contributed by atoms with Crippen LogP contribution in [0.15, 0.2) is 18.2 Å². The minimum atomic E-state index is -0.572. The maximum absolute atomic E-state index is 13.7. The Kier molecular flexibility index (Phi) is 3.61.